The third kappa shape index (κ3) is 4.17. The molecule has 0 aromatic heterocycles. The second-order valence-electron chi connectivity index (χ2n) is 3.66. The SMILES string of the molecule is COc1cccc(CC(C)=CCCN)c1. The molecule has 0 heterocycles. The van der Waals surface area contributed by atoms with Crippen molar-refractivity contribution < 1.29 is 4.74 Å². The first-order valence-electron chi connectivity index (χ1n) is 5.25. The van der Waals surface area contributed by atoms with Crippen LogP contribution in [-0.4, -0.2) is 13.7 Å². The van der Waals surface area contributed by atoms with Gasteiger partial charge in [0.15, 0.2) is 0 Å². The molecular weight excluding hydrogens is 186 g/mol. The molecule has 2 nitrogen and oxygen atoms in total. The van der Waals surface area contributed by atoms with Gasteiger partial charge in [-0.15, -0.1) is 0 Å². The fourth-order valence-corrected chi connectivity index (χ4v) is 1.51. The van der Waals surface area contributed by atoms with Gasteiger partial charge < -0.3 is 10.5 Å². The first-order chi connectivity index (χ1) is 7.26. The van der Waals surface area contributed by atoms with Gasteiger partial charge in [-0.25, -0.2) is 0 Å². The zero-order valence-electron chi connectivity index (χ0n) is 9.49. The van der Waals surface area contributed by atoms with Crippen LogP contribution in [0.2, 0.25) is 0 Å². The molecule has 0 aliphatic heterocycles. The predicted octanol–water partition coefficient (Wildman–Crippen LogP) is 2.53. The Bertz CT molecular complexity index is 331. The number of hydrogen-bond acceptors (Lipinski definition) is 2. The van der Waals surface area contributed by atoms with Gasteiger partial charge in [-0.05, 0) is 44.0 Å². The average molecular weight is 205 g/mol. The highest BCUT2D eigenvalue weighted by Gasteiger charge is 1.96. The molecule has 82 valence electrons. The van der Waals surface area contributed by atoms with Crippen LogP contribution in [0.25, 0.3) is 0 Å². The summed E-state index contributed by atoms with van der Waals surface area (Å²) in [7, 11) is 1.69. The first-order valence-corrected chi connectivity index (χ1v) is 5.25. The van der Waals surface area contributed by atoms with E-state index in [1.165, 1.54) is 11.1 Å². The second kappa shape index (κ2) is 6.25. The van der Waals surface area contributed by atoms with E-state index in [1.54, 1.807) is 7.11 Å². The number of benzene rings is 1. The van der Waals surface area contributed by atoms with Crippen LogP contribution < -0.4 is 10.5 Å². The molecule has 1 aromatic rings. The summed E-state index contributed by atoms with van der Waals surface area (Å²) in [6.45, 7) is 2.85. The maximum Gasteiger partial charge on any atom is 0.119 e. The largest absolute Gasteiger partial charge is 0.497 e. The van der Waals surface area contributed by atoms with Crippen molar-refractivity contribution in [1.82, 2.24) is 0 Å². The normalized spacial score (nSPS) is 11.5. The molecule has 0 radical (unpaired) electrons. The molecule has 0 spiro atoms. The summed E-state index contributed by atoms with van der Waals surface area (Å²) < 4.78 is 5.18. The van der Waals surface area contributed by atoms with Crippen LogP contribution in [-0.2, 0) is 6.42 Å². The maximum absolute atomic E-state index is 5.45. The summed E-state index contributed by atoms with van der Waals surface area (Å²) in [5, 5.41) is 0. The van der Waals surface area contributed by atoms with Crippen molar-refractivity contribution in [2.45, 2.75) is 19.8 Å². The van der Waals surface area contributed by atoms with Crippen molar-refractivity contribution in [3.63, 3.8) is 0 Å². The Balaban J connectivity index is 2.63. The molecule has 15 heavy (non-hydrogen) atoms. The molecule has 0 saturated heterocycles. The van der Waals surface area contributed by atoms with Gasteiger partial charge in [0.25, 0.3) is 0 Å². The highest BCUT2D eigenvalue weighted by molar-refractivity contribution is 5.30. The average Bonchev–Trinajstić information content (AvgIpc) is 2.26. The van der Waals surface area contributed by atoms with Gasteiger partial charge in [0.1, 0.15) is 5.75 Å². The number of rotatable bonds is 5. The van der Waals surface area contributed by atoms with E-state index >= 15 is 0 Å². The molecule has 0 atom stereocenters. The molecule has 0 amide bonds. The predicted molar refractivity (Wildman–Crippen MR) is 64.1 cm³/mol. The molecule has 2 heteroatoms. The van der Waals surface area contributed by atoms with Crippen molar-refractivity contribution in [1.29, 1.82) is 0 Å². The van der Waals surface area contributed by atoms with E-state index in [0.717, 1.165) is 25.1 Å². The lowest BCUT2D eigenvalue weighted by Crippen LogP contribution is -1.97. The van der Waals surface area contributed by atoms with E-state index in [9.17, 15) is 0 Å². The highest BCUT2D eigenvalue weighted by atomic mass is 16.5. The van der Waals surface area contributed by atoms with Gasteiger partial charge in [0.2, 0.25) is 0 Å². The number of allylic oxidation sites excluding steroid dienone is 1. The Hall–Kier alpha value is -1.28. The van der Waals surface area contributed by atoms with Gasteiger partial charge in [-0.2, -0.15) is 0 Å². The molecule has 2 N–H and O–H groups in total. The molecule has 0 fully saturated rings. The molecular formula is C13H19NO. The topological polar surface area (TPSA) is 35.2 Å². The van der Waals surface area contributed by atoms with Crippen molar-refractivity contribution >= 4 is 0 Å². The first kappa shape index (κ1) is 11.8. The van der Waals surface area contributed by atoms with E-state index in [4.69, 9.17) is 10.5 Å². The smallest absolute Gasteiger partial charge is 0.119 e. The Morgan fingerprint density at radius 2 is 2.27 bits per heavy atom. The quantitative estimate of drug-likeness (QED) is 0.750. The standard InChI is InChI=1S/C13H19NO/c1-11(5-4-8-14)9-12-6-3-7-13(10-12)15-2/h3,5-7,10H,4,8-9,14H2,1-2H3. The van der Waals surface area contributed by atoms with Crippen LogP contribution in [0.4, 0.5) is 0 Å². The van der Waals surface area contributed by atoms with Crippen LogP contribution in [0, 0.1) is 0 Å². The zero-order valence-corrected chi connectivity index (χ0v) is 9.49. The molecule has 0 bridgehead atoms. The number of methoxy groups -OCH3 is 1. The minimum Gasteiger partial charge on any atom is -0.497 e. The Labute approximate surface area is 91.7 Å². The molecule has 0 aliphatic carbocycles. The van der Waals surface area contributed by atoms with Gasteiger partial charge >= 0.3 is 0 Å². The second-order valence-corrected chi connectivity index (χ2v) is 3.66. The summed E-state index contributed by atoms with van der Waals surface area (Å²) in [6, 6.07) is 8.16. The summed E-state index contributed by atoms with van der Waals surface area (Å²) in [5.41, 5.74) is 8.08. The zero-order chi connectivity index (χ0) is 11.1. The van der Waals surface area contributed by atoms with Crippen LogP contribution in [0.1, 0.15) is 18.9 Å². The van der Waals surface area contributed by atoms with Crippen molar-refractivity contribution in [3.05, 3.63) is 41.5 Å². The molecule has 1 aromatic carbocycles. The molecule has 1 rings (SSSR count). The molecule has 0 unspecified atom stereocenters. The minimum absolute atomic E-state index is 0.718. The van der Waals surface area contributed by atoms with Crippen molar-refractivity contribution in [3.8, 4) is 5.75 Å². The monoisotopic (exact) mass is 205 g/mol. The Kier molecular flexibility index (Phi) is 4.91. The van der Waals surface area contributed by atoms with E-state index in [-0.39, 0.29) is 0 Å². The van der Waals surface area contributed by atoms with Gasteiger partial charge in [0.05, 0.1) is 7.11 Å². The summed E-state index contributed by atoms with van der Waals surface area (Å²) in [4.78, 5) is 0. The lowest BCUT2D eigenvalue weighted by Gasteiger charge is -2.04. The Morgan fingerprint density at radius 1 is 1.47 bits per heavy atom. The van der Waals surface area contributed by atoms with E-state index < -0.39 is 0 Å². The Morgan fingerprint density at radius 3 is 2.93 bits per heavy atom. The van der Waals surface area contributed by atoms with Crippen molar-refractivity contribution in [2.75, 3.05) is 13.7 Å². The number of nitrogens with two attached hydrogens (primary N) is 1. The third-order valence-electron chi connectivity index (χ3n) is 2.28. The van der Waals surface area contributed by atoms with E-state index in [0.29, 0.717) is 0 Å². The third-order valence-corrected chi connectivity index (χ3v) is 2.28. The summed E-state index contributed by atoms with van der Waals surface area (Å²) >= 11 is 0. The van der Waals surface area contributed by atoms with Crippen molar-refractivity contribution in [2.24, 2.45) is 5.73 Å². The maximum atomic E-state index is 5.45. The summed E-state index contributed by atoms with van der Waals surface area (Å²) in [5.74, 6) is 0.916. The van der Waals surface area contributed by atoms with Crippen LogP contribution in [0.15, 0.2) is 35.9 Å². The van der Waals surface area contributed by atoms with Crippen LogP contribution in [0.3, 0.4) is 0 Å². The van der Waals surface area contributed by atoms with Gasteiger partial charge in [-0.1, -0.05) is 23.8 Å². The number of hydrogen-bond donors (Lipinski definition) is 1. The lowest BCUT2D eigenvalue weighted by atomic mass is 10.1. The lowest BCUT2D eigenvalue weighted by molar-refractivity contribution is 0.414. The fraction of sp³-hybridized carbons (Fsp3) is 0.385. The van der Waals surface area contributed by atoms with E-state index in [1.807, 2.05) is 12.1 Å². The fourth-order valence-electron chi connectivity index (χ4n) is 1.51. The van der Waals surface area contributed by atoms with Gasteiger partial charge in [0, 0.05) is 0 Å². The number of ether oxygens (including phenoxy) is 1. The minimum atomic E-state index is 0.718. The van der Waals surface area contributed by atoms with Gasteiger partial charge in [-0.3, -0.25) is 0 Å². The van der Waals surface area contributed by atoms with E-state index in [2.05, 4.69) is 25.1 Å². The van der Waals surface area contributed by atoms with Crippen LogP contribution >= 0.6 is 0 Å². The summed E-state index contributed by atoms with van der Waals surface area (Å²) in [6.07, 6.45) is 4.12. The van der Waals surface area contributed by atoms with Crippen LogP contribution in [0.5, 0.6) is 5.75 Å². The molecule has 0 saturated carbocycles. The molecule has 0 aliphatic rings. The highest BCUT2D eigenvalue weighted by Crippen LogP contribution is 2.15.